The summed E-state index contributed by atoms with van der Waals surface area (Å²) in [5, 5.41) is 0. The van der Waals surface area contributed by atoms with Crippen LogP contribution in [0.2, 0.25) is 0 Å². The van der Waals surface area contributed by atoms with E-state index in [-0.39, 0.29) is 30.2 Å². The molecule has 0 spiro atoms. The molecule has 1 nitrogen and oxygen atoms in total. The number of carbonyl (C=O) groups excluding carboxylic acids is 1. The van der Waals surface area contributed by atoms with Gasteiger partial charge in [-0.15, -0.1) is 17.7 Å². The first kappa shape index (κ1) is 10.3. The van der Waals surface area contributed by atoms with Gasteiger partial charge in [0, 0.05) is 24.3 Å². The maximum Gasteiger partial charge on any atom is 0.120 e. The molecule has 0 aliphatic carbocycles. The molecule has 0 atom stereocenters. The molecule has 0 amide bonds. The fourth-order valence-corrected chi connectivity index (χ4v) is 0.636. The third kappa shape index (κ3) is 2.79. The Morgan fingerprint density at radius 2 is 1.73 bits per heavy atom. The summed E-state index contributed by atoms with van der Waals surface area (Å²) in [4.78, 5) is 10.5. The van der Waals surface area contributed by atoms with Crippen LogP contribution in [0.25, 0.3) is 0 Å². The van der Waals surface area contributed by atoms with Gasteiger partial charge in [0.2, 0.25) is 0 Å². The van der Waals surface area contributed by atoms with Crippen LogP contribution in [-0.2, 0) is 18.6 Å². The zero-order chi connectivity index (χ0) is 7.56. The summed E-state index contributed by atoms with van der Waals surface area (Å²) in [6.45, 7) is 3.18. The van der Waals surface area contributed by atoms with Gasteiger partial charge in [0.25, 0.3) is 0 Å². The molecule has 11 heavy (non-hydrogen) atoms. The van der Waals surface area contributed by atoms with Crippen LogP contribution in [0, 0.1) is 12.7 Å². The fourth-order valence-electron chi connectivity index (χ4n) is 0.636. The second-order valence-electron chi connectivity index (χ2n) is 1.93. The van der Waals surface area contributed by atoms with Crippen molar-refractivity contribution >= 4 is 5.78 Å². The molecule has 1 aromatic rings. The summed E-state index contributed by atoms with van der Waals surface area (Å²) in [6, 6.07) is 5.28. The van der Waals surface area contributed by atoms with E-state index in [2.05, 4.69) is 6.92 Å². The Morgan fingerprint density at radius 3 is 2.09 bits per heavy atom. The summed E-state index contributed by atoms with van der Waals surface area (Å²) in [6.07, 6.45) is 0. The van der Waals surface area contributed by atoms with Gasteiger partial charge in [-0.1, -0.05) is 0 Å². The van der Waals surface area contributed by atoms with Crippen LogP contribution in [0.15, 0.2) is 24.3 Å². The van der Waals surface area contributed by atoms with Crippen LogP contribution in [0.4, 0.5) is 4.39 Å². The van der Waals surface area contributed by atoms with E-state index in [1.54, 1.807) is 0 Å². The smallest absolute Gasteiger partial charge is 0.120 e. The number of benzene rings is 1. The summed E-state index contributed by atoms with van der Waals surface area (Å²) < 4.78 is 12.2. The Labute approximate surface area is 76.5 Å². The van der Waals surface area contributed by atoms with Crippen LogP contribution < -0.4 is 0 Å². The molecule has 0 unspecified atom stereocenters. The molecule has 0 aliphatic heterocycles. The van der Waals surface area contributed by atoms with Crippen molar-refractivity contribution in [3.8, 4) is 0 Å². The van der Waals surface area contributed by atoms with E-state index >= 15 is 0 Å². The quantitative estimate of drug-likeness (QED) is 0.484. The molecular formula is C8H6FOV-. The molecule has 0 aromatic heterocycles. The van der Waals surface area contributed by atoms with Gasteiger partial charge in [-0.2, -0.15) is 6.92 Å². The monoisotopic (exact) mass is 187 g/mol. The number of hydrogen-bond acceptors (Lipinski definition) is 1. The van der Waals surface area contributed by atoms with E-state index in [0.29, 0.717) is 5.56 Å². The summed E-state index contributed by atoms with van der Waals surface area (Å²) in [5.41, 5.74) is 0.432. The number of halogens is 1. The molecule has 0 saturated carbocycles. The summed E-state index contributed by atoms with van der Waals surface area (Å²) >= 11 is 0. The van der Waals surface area contributed by atoms with Crippen LogP contribution in [0.3, 0.4) is 0 Å². The molecule has 0 heterocycles. The average molecular weight is 187 g/mol. The predicted octanol–water partition coefficient (Wildman–Crippen LogP) is 1.84. The SMILES string of the molecule is [CH2-]C(=O)c1ccc([18F])cc1.[V]. The Morgan fingerprint density at radius 1 is 1.27 bits per heavy atom. The third-order valence-corrected chi connectivity index (χ3v) is 1.17. The Balaban J connectivity index is 0.000001000. The molecule has 0 N–H and O–H groups in total. The first-order chi connectivity index (χ1) is 4.70. The fraction of sp³-hybridized carbons (Fsp3) is 0. The maximum absolute atomic E-state index is 12.2. The number of rotatable bonds is 1. The van der Waals surface area contributed by atoms with E-state index in [4.69, 9.17) is 0 Å². The summed E-state index contributed by atoms with van der Waals surface area (Å²) in [5.74, 6) is -0.634. The van der Waals surface area contributed by atoms with Crippen molar-refractivity contribution in [1.29, 1.82) is 0 Å². The van der Waals surface area contributed by atoms with Gasteiger partial charge < -0.3 is 4.79 Å². The minimum absolute atomic E-state index is 0. The number of Topliss-reactive ketones (excluding diaryl/α,β-unsaturated/α-hetero) is 1. The molecule has 57 valence electrons. The van der Waals surface area contributed by atoms with Gasteiger partial charge in [-0.05, 0) is 12.1 Å². The third-order valence-electron chi connectivity index (χ3n) is 1.17. The van der Waals surface area contributed by atoms with E-state index in [1.165, 1.54) is 24.3 Å². The molecular weight excluding hydrogens is 181 g/mol. The van der Waals surface area contributed by atoms with Gasteiger partial charge in [-0.3, -0.25) is 0 Å². The Kier molecular flexibility index (Phi) is 3.94. The maximum atomic E-state index is 12.2. The molecule has 1 aromatic carbocycles. The van der Waals surface area contributed by atoms with E-state index in [0.717, 1.165) is 0 Å². The van der Waals surface area contributed by atoms with Gasteiger partial charge in [-0.25, -0.2) is 4.39 Å². The first-order valence-corrected chi connectivity index (χ1v) is 2.82. The van der Waals surface area contributed by atoms with Crippen LogP contribution >= 0.6 is 0 Å². The van der Waals surface area contributed by atoms with Crippen molar-refractivity contribution in [2.24, 2.45) is 0 Å². The average Bonchev–Trinajstić information content (AvgIpc) is 1.88. The zero-order valence-corrected chi connectivity index (χ0v) is 7.15. The van der Waals surface area contributed by atoms with Gasteiger partial charge in [0.05, 0.1) is 0 Å². The number of carbonyl (C=O) groups is 1. The van der Waals surface area contributed by atoms with Crippen molar-refractivity contribution in [1.82, 2.24) is 0 Å². The van der Waals surface area contributed by atoms with Crippen molar-refractivity contribution < 1.29 is 27.7 Å². The standard InChI is InChI=1S/C8H6FO.V/c1-6(10)7-2-4-8(9)5-3-7;/h2-5H,1H2;/q-1;/i9-1;. The minimum Gasteiger partial charge on any atom is -0.332 e. The van der Waals surface area contributed by atoms with Gasteiger partial charge >= 0.3 is 0 Å². The normalized spacial score (nSPS) is 8.45. The van der Waals surface area contributed by atoms with Crippen LogP contribution in [-0.4, -0.2) is 5.78 Å². The molecule has 0 fully saturated rings. The van der Waals surface area contributed by atoms with Crippen molar-refractivity contribution in [2.45, 2.75) is 0 Å². The molecule has 1 rings (SSSR count). The van der Waals surface area contributed by atoms with Crippen LogP contribution in [0.5, 0.6) is 0 Å². The van der Waals surface area contributed by atoms with Gasteiger partial charge in [0.15, 0.2) is 0 Å². The first-order valence-electron chi connectivity index (χ1n) is 2.82. The van der Waals surface area contributed by atoms with Crippen molar-refractivity contribution in [3.63, 3.8) is 0 Å². The molecule has 1 radical (unpaired) electrons. The summed E-state index contributed by atoms with van der Waals surface area (Å²) in [7, 11) is 0. The Bertz CT molecular complexity index is 243. The van der Waals surface area contributed by atoms with Crippen molar-refractivity contribution in [2.75, 3.05) is 0 Å². The molecule has 3 heteroatoms. The van der Waals surface area contributed by atoms with Crippen LogP contribution in [0.1, 0.15) is 10.4 Å². The number of hydrogen-bond donors (Lipinski definition) is 0. The zero-order valence-electron chi connectivity index (χ0n) is 5.75. The van der Waals surface area contributed by atoms with E-state index in [9.17, 15) is 9.18 Å². The van der Waals surface area contributed by atoms with Gasteiger partial charge in [0.1, 0.15) is 5.82 Å². The second-order valence-corrected chi connectivity index (χ2v) is 1.93. The second kappa shape index (κ2) is 4.21. The molecule has 0 bridgehead atoms. The largest absolute Gasteiger partial charge is 0.332 e. The Hall–Kier alpha value is -0.726. The van der Waals surface area contributed by atoms with E-state index < -0.39 is 0 Å². The number of ketones is 1. The minimum atomic E-state index is -0.343. The topological polar surface area (TPSA) is 17.1 Å². The predicted molar refractivity (Wildman–Crippen MR) is 36.1 cm³/mol. The molecule has 0 aliphatic rings. The van der Waals surface area contributed by atoms with Crippen molar-refractivity contribution in [3.05, 3.63) is 42.6 Å². The van der Waals surface area contributed by atoms with E-state index in [1.807, 2.05) is 0 Å². The molecule has 0 saturated heterocycles.